The van der Waals surface area contributed by atoms with E-state index in [1.165, 1.54) is 11.3 Å². The van der Waals surface area contributed by atoms with Gasteiger partial charge in [-0.3, -0.25) is 4.79 Å². The van der Waals surface area contributed by atoms with Crippen LogP contribution >= 0.6 is 22.9 Å². The minimum atomic E-state index is -0.290. The molecule has 3 rings (SSSR count). The van der Waals surface area contributed by atoms with Crippen molar-refractivity contribution in [3.05, 3.63) is 51.2 Å². The lowest BCUT2D eigenvalue weighted by atomic mass is 9.80. The summed E-state index contributed by atoms with van der Waals surface area (Å²) >= 11 is 7.53. The lowest BCUT2D eigenvalue weighted by Gasteiger charge is -2.21. The van der Waals surface area contributed by atoms with Gasteiger partial charge in [0.25, 0.3) is 0 Å². The SMILES string of the molecule is C[C@]1(CC(=O)c2cccs2)COc2ccc(Cl)cc21. The summed E-state index contributed by atoms with van der Waals surface area (Å²) in [4.78, 5) is 13.1. The molecule has 2 heterocycles. The molecule has 4 heteroatoms. The van der Waals surface area contributed by atoms with Crippen LogP contribution in [0.4, 0.5) is 0 Å². The molecule has 0 aliphatic carbocycles. The van der Waals surface area contributed by atoms with E-state index in [0.29, 0.717) is 18.1 Å². The van der Waals surface area contributed by atoms with Gasteiger partial charge in [0.2, 0.25) is 0 Å². The van der Waals surface area contributed by atoms with Crippen LogP contribution in [-0.2, 0) is 5.41 Å². The summed E-state index contributed by atoms with van der Waals surface area (Å²) < 4.78 is 5.68. The molecule has 1 aromatic heterocycles. The first kappa shape index (κ1) is 12.7. The van der Waals surface area contributed by atoms with Crippen LogP contribution in [0.5, 0.6) is 5.75 Å². The quantitative estimate of drug-likeness (QED) is 0.787. The van der Waals surface area contributed by atoms with Gasteiger partial charge in [0.15, 0.2) is 5.78 Å². The molecule has 2 nitrogen and oxygen atoms in total. The minimum Gasteiger partial charge on any atom is -0.492 e. The standard InChI is InChI=1S/C15H13ClO2S/c1-15(8-12(17)14-3-2-6-19-14)9-18-13-5-4-10(16)7-11(13)15/h2-7H,8-9H2,1H3/t15-/m0/s1. The van der Waals surface area contributed by atoms with Crippen molar-refractivity contribution in [2.45, 2.75) is 18.8 Å². The van der Waals surface area contributed by atoms with Crippen molar-refractivity contribution < 1.29 is 9.53 Å². The van der Waals surface area contributed by atoms with E-state index < -0.39 is 0 Å². The number of hydrogen-bond acceptors (Lipinski definition) is 3. The average Bonchev–Trinajstić information content (AvgIpc) is 2.99. The summed E-state index contributed by atoms with van der Waals surface area (Å²) in [7, 11) is 0. The van der Waals surface area contributed by atoms with Crippen molar-refractivity contribution >= 4 is 28.7 Å². The van der Waals surface area contributed by atoms with Gasteiger partial charge in [-0.15, -0.1) is 11.3 Å². The third-order valence-corrected chi connectivity index (χ3v) is 4.63. The van der Waals surface area contributed by atoms with Crippen LogP contribution in [0.3, 0.4) is 0 Å². The van der Waals surface area contributed by atoms with E-state index in [2.05, 4.69) is 6.92 Å². The Morgan fingerprint density at radius 2 is 2.32 bits per heavy atom. The monoisotopic (exact) mass is 292 g/mol. The fourth-order valence-electron chi connectivity index (χ4n) is 2.44. The zero-order valence-electron chi connectivity index (χ0n) is 10.5. The highest BCUT2D eigenvalue weighted by Gasteiger charge is 2.38. The Bertz CT molecular complexity index is 621. The van der Waals surface area contributed by atoms with Crippen molar-refractivity contribution in [2.24, 2.45) is 0 Å². The Labute approximate surface area is 121 Å². The van der Waals surface area contributed by atoms with Gasteiger partial charge in [0, 0.05) is 22.4 Å². The molecule has 0 radical (unpaired) electrons. The van der Waals surface area contributed by atoms with Crippen molar-refractivity contribution in [1.29, 1.82) is 0 Å². The fourth-order valence-corrected chi connectivity index (χ4v) is 3.28. The first-order chi connectivity index (χ1) is 9.08. The number of Topliss-reactive ketones (excluding diaryl/α,β-unsaturated/α-hetero) is 1. The van der Waals surface area contributed by atoms with Crippen LogP contribution in [0.25, 0.3) is 0 Å². The molecule has 0 unspecified atom stereocenters. The fraction of sp³-hybridized carbons (Fsp3) is 0.267. The third kappa shape index (κ3) is 2.28. The number of carbonyl (C=O) groups is 1. The number of rotatable bonds is 3. The maximum atomic E-state index is 12.3. The Kier molecular flexibility index (Phi) is 3.11. The Morgan fingerprint density at radius 3 is 3.05 bits per heavy atom. The highest BCUT2D eigenvalue weighted by atomic mass is 35.5. The molecule has 98 valence electrons. The average molecular weight is 293 g/mol. The second-order valence-corrected chi connectivity index (χ2v) is 6.45. The van der Waals surface area contributed by atoms with Gasteiger partial charge in [-0.2, -0.15) is 0 Å². The smallest absolute Gasteiger partial charge is 0.173 e. The lowest BCUT2D eigenvalue weighted by molar-refractivity contribution is 0.0948. The Balaban J connectivity index is 1.90. The number of fused-ring (bicyclic) bond motifs is 1. The molecule has 2 aromatic rings. The first-order valence-corrected chi connectivity index (χ1v) is 7.34. The number of hydrogen-bond donors (Lipinski definition) is 0. The van der Waals surface area contributed by atoms with Crippen LogP contribution in [0.15, 0.2) is 35.7 Å². The van der Waals surface area contributed by atoms with E-state index in [0.717, 1.165) is 16.2 Å². The number of thiophene rings is 1. The predicted octanol–water partition coefficient (Wildman–Crippen LogP) is 4.32. The van der Waals surface area contributed by atoms with Crippen LogP contribution in [0, 0.1) is 0 Å². The third-order valence-electron chi connectivity index (χ3n) is 3.48. The van der Waals surface area contributed by atoms with Crippen LogP contribution < -0.4 is 4.74 Å². The topological polar surface area (TPSA) is 26.3 Å². The highest BCUT2D eigenvalue weighted by molar-refractivity contribution is 7.12. The van der Waals surface area contributed by atoms with Gasteiger partial charge in [0.1, 0.15) is 5.75 Å². The second-order valence-electron chi connectivity index (χ2n) is 5.07. The van der Waals surface area contributed by atoms with Crippen LogP contribution in [0.1, 0.15) is 28.6 Å². The molecular formula is C15H13ClO2S. The van der Waals surface area contributed by atoms with Gasteiger partial charge in [-0.05, 0) is 29.6 Å². The molecule has 1 aliphatic rings. The predicted molar refractivity (Wildman–Crippen MR) is 77.6 cm³/mol. The van der Waals surface area contributed by atoms with E-state index >= 15 is 0 Å². The molecule has 1 aromatic carbocycles. The molecule has 0 fully saturated rings. The Morgan fingerprint density at radius 1 is 1.47 bits per heavy atom. The molecule has 1 atom stereocenters. The summed E-state index contributed by atoms with van der Waals surface area (Å²) in [5.41, 5.74) is 0.742. The van der Waals surface area contributed by atoms with Gasteiger partial charge >= 0.3 is 0 Å². The Hall–Kier alpha value is -1.32. The minimum absolute atomic E-state index is 0.161. The molecule has 0 saturated heterocycles. The van der Waals surface area contributed by atoms with E-state index in [1.54, 1.807) is 0 Å². The van der Waals surface area contributed by atoms with Gasteiger partial charge in [0.05, 0.1) is 11.5 Å². The normalized spacial score (nSPS) is 20.9. The zero-order valence-corrected chi connectivity index (χ0v) is 12.1. The zero-order chi connectivity index (χ0) is 13.5. The molecular weight excluding hydrogens is 280 g/mol. The summed E-state index contributed by atoms with van der Waals surface area (Å²) in [5.74, 6) is 1.000. The molecule has 0 amide bonds. The van der Waals surface area contributed by atoms with E-state index in [4.69, 9.17) is 16.3 Å². The maximum Gasteiger partial charge on any atom is 0.173 e. The summed E-state index contributed by atoms with van der Waals surface area (Å²) in [6.07, 6.45) is 0.445. The first-order valence-electron chi connectivity index (χ1n) is 6.08. The van der Waals surface area contributed by atoms with E-state index in [9.17, 15) is 4.79 Å². The van der Waals surface area contributed by atoms with Crippen LogP contribution in [-0.4, -0.2) is 12.4 Å². The van der Waals surface area contributed by atoms with E-state index in [-0.39, 0.29) is 11.2 Å². The number of halogens is 1. The van der Waals surface area contributed by atoms with Gasteiger partial charge in [-0.1, -0.05) is 24.6 Å². The lowest BCUT2D eigenvalue weighted by Crippen LogP contribution is -2.27. The van der Waals surface area contributed by atoms with Gasteiger partial charge < -0.3 is 4.74 Å². The van der Waals surface area contributed by atoms with Crippen LogP contribution in [0.2, 0.25) is 5.02 Å². The number of carbonyl (C=O) groups excluding carboxylic acids is 1. The number of benzene rings is 1. The molecule has 0 spiro atoms. The molecule has 0 N–H and O–H groups in total. The molecule has 1 aliphatic heterocycles. The van der Waals surface area contributed by atoms with Crippen molar-refractivity contribution in [3.8, 4) is 5.75 Å². The second kappa shape index (κ2) is 4.66. The number of ether oxygens (including phenoxy) is 1. The summed E-state index contributed by atoms with van der Waals surface area (Å²) in [6.45, 7) is 2.58. The molecule has 19 heavy (non-hydrogen) atoms. The van der Waals surface area contributed by atoms with Crippen molar-refractivity contribution in [2.75, 3.05) is 6.61 Å². The molecule has 0 saturated carbocycles. The molecule has 0 bridgehead atoms. The highest BCUT2D eigenvalue weighted by Crippen LogP contribution is 2.42. The van der Waals surface area contributed by atoms with Crippen molar-refractivity contribution in [1.82, 2.24) is 0 Å². The van der Waals surface area contributed by atoms with Crippen molar-refractivity contribution in [3.63, 3.8) is 0 Å². The van der Waals surface area contributed by atoms with Gasteiger partial charge in [-0.25, -0.2) is 0 Å². The van der Waals surface area contributed by atoms with E-state index in [1.807, 2.05) is 35.7 Å². The summed E-state index contributed by atoms with van der Waals surface area (Å²) in [5, 5.41) is 2.60. The summed E-state index contributed by atoms with van der Waals surface area (Å²) in [6, 6.07) is 9.36. The number of ketones is 1. The maximum absolute atomic E-state index is 12.3. The largest absolute Gasteiger partial charge is 0.492 e.